The SMILES string of the molecule is CN(C[C@@H]1COc2ccccc2O1)C(=O)c1ccc(NC(=O)CSc2nncn2C)cc1. The molecule has 0 aliphatic carbocycles. The summed E-state index contributed by atoms with van der Waals surface area (Å²) in [5, 5.41) is 11.2. The summed E-state index contributed by atoms with van der Waals surface area (Å²) in [6, 6.07) is 14.3. The van der Waals surface area contributed by atoms with Crippen LogP contribution in [0.25, 0.3) is 0 Å². The van der Waals surface area contributed by atoms with Crippen LogP contribution < -0.4 is 14.8 Å². The first-order valence-corrected chi connectivity index (χ1v) is 11.0. The van der Waals surface area contributed by atoms with Crippen molar-refractivity contribution in [1.82, 2.24) is 19.7 Å². The summed E-state index contributed by atoms with van der Waals surface area (Å²) in [5.41, 5.74) is 1.14. The first kappa shape index (κ1) is 21.7. The Hall–Kier alpha value is -3.53. The zero-order valence-corrected chi connectivity index (χ0v) is 18.5. The van der Waals surface area contributed by atoms with E-state index >= 15 is 0 Å². The molecule has 1 atom stereocenters. The van der Waals surface area contributed by atoms with E-state index in [1.165, 1.54) is 11.8 Å². The van der Waals surface area contributed by atoms with Gasteiger partial charge in [0, 0.05) is 25.3 Å². The van der Waals surface area contributed by atoms with Gasteiger partial charge in [-0.3, -0.25) is 9.59 Å². The highest BCUT2D eigenvalue weighted by atomic mass is 32.2. The maximum absolute atomic E-state index is 12.8. The van der Waals surface area contributed by atoms with Crippen LogP contribution in [-0.4, -0.2) is 63.5 Å². The number of nitrogens with one attached hydrogen (secondary N) is 1. The molecule has 2 amide bonds. The van der Waals surface area contributed by atoms with Gasteiger partial charge < -0.3 is 24.3 Å². The summed E-state index contributed by atoms with van der Waals surface area (Å²) in [6.07, 6.45) is 1.34. The number of rotatable bonds is 7. The van der Waals surface area contributed by atoms with E-state index in [2.05, 4.69) is 15.5 Å². The molecule has 166 valence electrons. The van der Waals surface area contributed by atoms with Gasteiger partial charge in [-0.15, -0.1) is 10.2 Å². The van der Waals surface area contributed by atoms with Crippen LogP contribution in [0.15, 0.2) is 60.0 Å². The number of likely N-dealkylation sites (N-methyl/N-ethyl adjacent to an activating group) is 1. The average molecular weight is 454 g/mol. The van der Waals surface area contributed by atoms with Crippen molar-refractivity contribution in [3.8, 4) is 11.5 Å². The summed E-state index contributed by atoms with van der Waals surface area (Å²) in [7, 11) is 3.55. The minimum absolute atomic E-state index is 0.136. The third-order valence-corrected chi connectivity index (χ3v) is 5.84. The zero-order chi connectivity index (χ0) is 22.5. The van der Waals surface area contributed by atoms with Gasteiger partial charge >= 0.3 is 0 Å². The number of para-hydroxylation sites is 2. The van der Waals surface area contributed by atoms with Crippen LogP contribution in [0.3, 0.4) is 0 Å². The Balaban J connectivity index is 1.28. The second-order valence-corrected chi connectivity index (χ2v) is 8.26. The molecule has 2 aromatic carbocycles. The molecule has 2 heterocycles. The molecule has 10 heteroatoms. The van der Waals surface area contributed by atoms with Crippen molar-refractivity contribution in [3.63, 3.8) is 0 Å². The number of hydrogen-bond donors (Lipinski definition) is 1. The Morgan fingerprint density at radius 1 is 1.19 bits per heavy atom. The van der Waals surface area contributed by atoms with Gasteiger partial charge in [0.05, 0.1) is 12.3 Å². The van der Waals surface area contributed by atoms with Crippen LogP contribution in [0, 0.1) is 0 Å². The molecule has 1 N–H and O–H groups in total. The van der Waals surface area contributed by atoms with Crippen molar-refractivity contribution in [2.45, 2.75) is 11.3 Å². The van der Waals surface area contributed by atoms with Crippen LogP contribution in [-0.2, 0) is 11.8 Å². The van der Waals surface area contributed by atoms with Crippen LogP contribution >= 0.6 is 11.8 Å². The first-order valence-electron chi connectivity index (χ1n) is 10.0. The predicted molar refractivity (Wildman–Crippen MR) is 120 cm³/mol. The monoisotopic (exact) mass is 453 g/mol. The lowest BCUT2D eigenvalue weighted by atomic mass is 10.1. The number of thioether (sulfide) groups is 1. The number of amides is 2. The number of fused-ring (bicyclic) bond motifs is 1. The lowest BCUT2D eigenvalue weighted by Crippen LogP contribution is -2.41. The molecule has 3 aromatic rings. The first-order chi connectivity index (χ1) is 15.5. The number of anilines is 1. The van der Waals surface area contributed by atoms with E-state index in [0.717, 1.165) is 0 Å². The van der Waals surface area contributed by atoms with Crippen molar-refractivity contribution in [1.29, 1.82) is 0 Å². The van der Waals surface area contributed by atoms with Crippen LogP contribution in [0.2, 0.25) is 0 Å². The Kier molecular flexibility index (Phi) is 6.60. The highest BCUT2D eigenvalue weighted by Gasteiger charge is 2.24. The highest BCUT2D eigenvalue weighted by molar-refractivity contribution is 7.99. The summed E-state index contributed by atoms with van der Waals surface area (Å²) in [4.78, 5) is 26.6. The second kappa shape index (κ2) is 9.73. The lowest BCUT2D eigenvalue weighted by Gasteiger charge is -2.29. The number of carbonyl (C=O) groups is 2. The molecular formula is C22H23N5O4S. The minimum Gasteiger partial charge on any atom is -0.486 e. The smallest absolute Gasteiger partial charge is 0.253 e. The number of aryl methyl sites for hydroxylation is 1. The molecule has 0 saturated carbocycles. The molecule has 9 nitrogen and oxygen atoms in total. The standard InChI is InChI=1S/C22H23N5O4S/c1-26(11-17-12-30-18-5-3-4-6-19(18)31-17)21(29)15-7-9-16(10-8-15)24-20(28)13-32-22-25-23-14-27(22)2/h3-10,14,17H,11-13H2,1-2H3,(H,24,28)/t17-/m1/s1. The molecule has 0 unspecified atom stereocenters. The molecule has 1 aromatic heterocycles. The maximum Gasteiger partial charge on any atom is 0.253 e. The van der Waals surface area contributed by atoms with Crippen LogP contribution in [0.5, 0.6) is 11.5 Å². The van der Waals surface area contributed by atoms with Gasteiger partial charge in [0.15, 0.2) is 22.8 Å². The largest absolute Gasteiger partial charge is 0.486 e. The van der Waals surface area contributed by atoms with E-state index in [0.29, 0.717) is 41.1 Å². The zero-order valence-electron chi connectivity index (χ0n) is 17.7. The van der Waals surface area contributed by atoms with Crippen molar-refractivity contribution in [2.24, 2.45) is 7.05 Å². The van der Waals surface area contributed by atoms with Gasteiger partial charge in [0.2, 0.25) is 5.91 Å². The molecule has 32 heavy (non-hydrogen) atoms. The van der Waals surface area contributed by atoms with Crippen molar-refractivity contribution < 1.29 is 19.1 Å². The summed E-state index contributed by atoms with van der Waals surface area (Å²) >= 11 is 1.30. The quantitative estimate of drug-likeness (QED) is 0.549. The van der Waals surface area contributed by atoms with E-state index in [9.17, 15) is 9.59 Å². The van der Waals surface area contributed by atoms with E-state index < -0.39 is 0 Å². The third-order valence-electron chi connectivity index (χ3n) is 4.81. The Morgan fingerprint density at radius 3 is 2.66 bits per heavy atom. The second-order valence-electron chi connectivity index (χ2n) is 7.32. The van der Waals surface area contributed by atoms with Gasteiger partial charge in [-0.25, -0.2) is 0 Å². The number of ether oxygens (including phenoxy) is 2. The topological polar surface area (TPSA) is 98.6 Å². The van der Waals surface area contributed by atoms with Gasteiger partial charge in [0.25, 0.3) is 5.91 Å². The maximum atomic E-state index is 12.8. The molecule has 0 fully saturated rings. The number of nitrogens with zero attached hydrogens (tertiary/aromatic N) is 4. The lowest BCUT2D eigenvalue weighted by molar-refractivity contribution is -0.113. The average Bonchev–Trinajstić information content (AvgIpc) is 3.22. The summed E-state index contributed by atoms with van der Waals surface area (Å²) in [5.74, 6) is 1.31. The van der Waals surface area contributed by atoms with Gasteiger partial charge in [-0.2, -0.15) is 0 Å². The number of hydrogen-bond acceptors (Lipinski definition) is 7. The van der Waals surface area contributed by atoms with Crippen molar-refractivity contribution in [3.05, 3.63) is 60.4 Å². The van der Waals surface area contributed by atoms with Gasteiger partial charge in [-0.1, -0.05) is 23.9 Å². The highest BCUT2D eigenvalue weighted by Crippen LogP contribution is 2.31. The summed E-state index contributed by atoms with van der Waals surface area (Å²) in [6.45, 7) is 0.775. The fourth-order valence-electron chi connectivity index (χ4n) is 3.19. The van der Waals surface area contributed by atoms with E-state index in [1.54, 1.807) is 47.1 Å². The predicted octanol–water partition coefficient (Wildman–Crippen LogP) is 2.46. The number of benzene rings is 2. The molecule has 1 aliphatic heterocycles. The Labute approximate surface area is 189 Å². The fourth-order valence-corrected chi connectivity index (χ4v) is 3.88. The number of aromatic nitrogens is 3. The van der Waals surface area contributed by atoms with Gasteiger partial charge in [0.1, 0.15) is 12.9 Å². The third kappa shape index (κ3) is 5.20. The molecule has 0 radical (unpaired) electrons. The Bertz CT molecular complexity index is 1100. The normalized spacial score (nSPS) is 14.6. The summed E-state index contributed by atoms with van der Waals surface area (Å²) < 4.78 is 13.4. The van der Waals surface area contributed by atoms with Crippen LogP contribution in [0.4, 0.5) is 5.69 Å². The molecular weight excluding hydrogens is 430 g/mol. The molecule has 1 aliphatic rings. The van der Waals surface area contributed by atoms with Crippen molar-refractivity contribution in [2.75, 3.05) is 31.3 Å². The van der Waals surface area contributed by atoms with Crippen molar-refractivity contribution >= 4 is 29.3 Å². The molecule has 0 saturated heterocycles. The van der Waals surface area contributed by atoms with E-state index in [4.69, 9.17) is 9.47 Å². The van der Waals surface area contributed by atoms with Crippen LogP contribution in [0.1, 0.15) is 10.4 Å². The molecule has 0 bridgehead atoms. The van der Waals surface area contributed by atoms with E-state index in [-0.39, 0.29) is 23.7 Å². The van der Waals surface area contributed by atoms with Gasteiger partial charge in [-0.05, 0) is 36.4 Å². The molecule has 0 spiro atoms. The fraction of sp³-hybridized carbons (Fsp3) is 0.273. The van der Waals surface area contributed by atoms with E-state index in [1.807, 2.05) is 31.3 Å². The minimum atomic E-state index is -0.246. The molecule has 4 rings (SSSR count). The Morgan fingerprint density at radius 2 is 1.94 bits per heavy atom. The number of carbonyl (C=O) groups excluding carboxylic acids is 2.